The molecule has 2 rings (SSSR count). The lowest BCUT2D eigenvalue weighted by atomic mass is 9.85. The van der Waals surface area contributed by atoms with E-state index in [2.05, 4.69) is 21.3 Å². The van der Waals surface area contributed by atoms with Crippen LogP contribution in [0.5, 0.6) is 0 Å². The molecule has 0 radical (unpaired) electrons. The highest BCUT2D eigenvalue weighted by Crippen LogP contribution is 2.33. The number of thiophene rings is 1. The molecule has 1 aromatic rings. The molecule has 0 spiro atoms. The Hall–Kier alpha value is 0.140. The van der Waals surface area contributed by atoms with Gasteiger partial charge in [0.1, 0.15) is 0 Å². The number of hydrogen-bond donors (Lipinski definition) is 1. The summed E-state index contributed by atoms with van der Waals surface area (Å²) in [5.41, 5.74) is 1.07. The van der Waals surface area contributed by atoms with E-state index in [0.29, 0.717) is 0 Å². The molecule has 0 bridgehead atoms. The smallest absolute Gasteiger partial charge is 0.0809 e. The third-order valence-electron chi connectivity index (χ3n) is 3.57. The first-order valence-electron chi connectivity index (χ1n) is 6.17. The molecule has 1 aliphatic rings. The van der Waals surface area contributed by atoms with E-state index < -0.39 is 0 Å². The van der Waals surface area contributed by atoms with Gasteiger partial charge in [-0.05, 0) is 40.1 Å². The van der Waals surface area contributed by atoms with Crippen LogP contribution in [0.25, 0.3) is 0 Å². The van der Waals surface area contributed by atoms with Crippen molar-refractivity contribution in [3.8, 4) is 0 Å². The van der Waals surface area contributed by atoms with Crippen LogP contribution in [0.4, 0.5) is 0 Å². The lowest BCUT2D eigenvalue weighted by Crippen LogP contribution is -2.08. The van der Waals surface area contributed by atoms with Gasteiger partial charge in [0.05, 0.1) is 6.10 Å². The molecule has 1 atom stereocenters. The second kappa shape index (κ2) is 6.18. The summed E-state index contributed by atoms with van der Waals surface area (Å²) in [7, 11) is 0. The van der Waals surface area contributed by atoms with Gasteiger partial charge in [0.2, 0.25) is 0 Å². The molecular weight excluding hydrogens is 284 g/mol. The van der Waals surface area contributed by atoms with E-state index >= 15 is 0 Å². The normalized spacial score (nSPS) is 19.9. The molecule has 1 heterocycles. The van der Waals surface area contributed by atoms with Crippen molar-refractivity contribution in [1.82, 2.24) is 0 Å². The molecule has 1 N–H and O–H groups in total. The molecule has 16 heavy (non-hydrogen) atoms. The Labute approximate surface area is 110 Å². The maximum absolute atomic E-state index is 10.1. The number of hydrogen-bond acceptors (Lipinski definition) is 2. The zero-order chi connectivity index (χ0) is 11.4. The summed E-state index contributed by atoms with van der Waals surface area (Å²) >= 11 is 5.13. The topological polar surface area (TPSA) is 20.2 Å². The fourth-order valence-corrected chi connectivity index (χ4v) is 4.16. The summed E-state index contributed by atoms with van der Waals surface area (Å²) in [5.74, 6) is 0.862. The van der Waals surface area contributed by atoms with Crippen molar-refractivity contribution in [3.63, 3.8) is 0 Å². The summed E-state index contributed by atoms with van der Waals surface area (Å²) in [4.78, 5) is 0. The first-order chi connectivity index (χ1) is 7.77. The van der Waals surface area contributed by atoms with Gasteiger partial charge in [-0.3, -0.25) is 0 Å². The third-order valence-corrected chi connectivity index (χ3v) is 5.33. The van der Waals surface area contributed by atoms with Gasteiger partial charge in [0, 0.05) is 15.4 Å². The monoisotopic (exact) mass is 302 g/mol. The molecule has 1 nitrogen and oxygen atoms in total. The van der Waals surface area contributed by atoms with Gasteiger partial charge >= 0.3 is 0 Å². The first kappa shape index (κ1) is 12.6. The standard InChI is InChI=1S/C13H19BrOS/c14-12-9-16-8-11(12)13(15)7-6-10-4-2-1-3-5-10/h8-10,13,15H,1-7H2. The third kappa shape index (κ3) is 3.31. The fourth-order valence-electron chi connectivity index (χ4n) is 2.55. The molecule has 1 aliphatic carbocycles. The molecule has 90 valence electrons. The highest BCUT2D eigenvalue weighted by molar-refractivity contribution is 9.10. The average Bonchev–Trinajstić information content (AvgIpc) is 2.74. The molecule has 1 unspecified atom stereocenters. The lowest BCUT2D eigenvalue weighted by molar-refractivity contribution is 0.151. The van der Waals surface area contributed by atoms with Crippen molar-refractivity contribution in [3.05, 3.63) is 20.8 Å². The molecule has 0 aromatic carbocycles. The van der Waals surface area contributed by atoms with Crippen LogP contribution in [0.3, 0.4) is 0 Å². The van der Waals surface area contributed by atoms with Gasteiger partial charge < -0.3 is 5.11 Å². The summed E-state index contributed by atoms with van der Waals surface area (Å²) in [5, 5.41) is 14.2. The van der Waals surface area contributed by atoms with Gasteiger partial charge in [-0.1, -0.05) is 32.1 Å². The largest absolute Gasteiger partial charge is 0.388 e. The molecule has 0 amide bonds. The molecule has 0 aliphatic heterocycles. The number of halogens is 1. The van der Waals surface area contributed by atoms with Gasteiger partial charge in [-0.25, -0.2) is 0 Å². The maximum Gasteiger partial charge on any atom is 0.0809 e. The Morgan fingerprint density at radius 2 is 2.06 bits per heavy atom. The molecule has 0 saturated heterocycles. The van der Waals surface area contributed by atoms with E-state index in [4.69, 9.17) is 0 Å². The lowest BCUT2D eigenvalue weighted by Gasteiger charge is -2.22. The van der Waals surface area contributed by atoms with Crippen molar-refractivity contribution in [2.45, 2.75) is 51.0 Å². The number of rotatable bonds is 4. The van der Waals surface area contributed by atoms with E-state index in [1.54, 1.807) is 11.3 Å². The van der Waals surface area contributed by atoms with Crippen molar-refractivity contribution in [1.29, 1.82) is 0 Å². The maximum atomic E-state index is 10.1. The van der Waals surface area contributed by atoms with Crippen molar-refractivity contribution >= 4 is 27.3 Å². The predicted molar refractivity (Wildman–Crippen MR) is 72.8 cm³/mol. The van der Waals surface area contributed by atoms with Crippen LogP contribution in [0.15, 0.2) is 15.2 Å². The van der Waals surface area contributed by atoms with Gasteiger partial charge in [0.25, 0.3) is 0 Å². The predicted octanol–water partition coefficient (Wildman–Crippen LogP) is 4.90. The SMILES string of the molecule is OC(CCC1CCCCC1)c1cscc1Br. The van der Waals surface area contributed by atoms with Crippen LogP contribution in [0.1, 0.15) is 56.6 Å². The Morgan fingerprint density at radius 3 is 2.69 bits per heavy atom. The van der Waals surface area contributed by atoms with E-state index in [1.807, 2.05) is 5.38 Å². The van der Waals surface area contributed by atoms with Crippen LogP contribution in [0, 0.1) is 5.92 Å². The zero-order valence-electron chi connectivity index (χ0n) is 9.49. The fraction of sp³-hybridized carbons (Fsp3) is 0.692. The minimum atomic E-state index is -0.275. The summed E-state index contributed by atoms with van der Waals surface area (Å²) in [6, 6.07) is 0. The van der Waals surface area contributed by atoms with Crippen molar-refractivity contribution in [2.75, 3.05) is 0 Å². The summed E-state index contributed by atoms with van der Waals surface area (Å²) in [6.45, 7) is 0. The average molecular weight is 303 g/mol. The Balaban J connectivity index is 1.79. The first-order valence-corrected chi connectivity index (χ1v) is 7.90. The van der Waals surface area contributed by atoms with Crippen molar-refractivity contribution in [2.24, 2.45) is 5.92 Å². The summed E-state index contributed by atoms with van der Waals surface area (Å²) in [6.07, 6.45) is 8.77. The minimum absolute atomic E-state index is 0.275. The van der Waals surface area contributed by atoms with Crippen molar-refractivity contribution < 1.29 is 5.11 Å². The van der Waals surface area contributed by atoms with Gasteiger partial charge in [-0.2, -0.15) is 11.3 Å². The summed E-state index contributed by atoms with van der Waals surface area (Å²) < 4.78 is 1.06. The van der Waals surface area contributed by atoms with E-state index in [0.717, 1.165) is 22.4 Å². The highest BCUT2D eigenvalue weighted by Gasteiger charge is 2.17. The van der Waals surface area contributed by atoms with E-state index in [1.165, 1.54) is 38.5 Å². The minimum Gasteiger partial charge on any atom is -0.388 e. The van der Waals surface area contributed by atoms with Gasteiger partial charge in [0.15, 0.2) is 0 Å². The Kier molecular flexibility index (Phi) is 4.86. The van der Waals surface area contributed by atoms with Crippen LogP contribution < -0.4 is 0 Å². The van der Waals surface area contributed by atoms with Gasteiger partial charge in [-0.15, -0.1) is 0 Å². The van der Waals surface area contributed by atoms with E-state index in [-0.39, 0.29) is 6.10 Å². The molecule has 1 aromatic heterocycles. The molecule has 1 saturated carbocycles. The van der Waals surface area contributed by atoms with Crippen LogP contribution in [-0.4, -0.2) is 5.11 Å². The highest BCUT2D eigenvalue weighted by atomic mass is 79.9. The second-order valence-electron chi connectivity index (χ2n) is 4.77. The van der Waals surface area contributed by atoms with Crippen LogP contribution in [-0.2, 0) is 0 Å². The Bertz CT molecular complexity index is 317. The molecule has 3 heteroatoms. The number of aliphatic hydroxyl groups excluding tert-OH is 1. The van der Waals surface area contributed by atoms with E-state index in [9.17, 15) is 5.11 Å². The van der Waals surface area contributed by atoms with Crippen LogP contribution in [0.2, 0.25) is 0 Å². The molecular formula is C13H19BrOS. The zero-order valence-corrected chi connectivity index (χ0v) is 11.9. The van der Waals surface area contributed by atoms with Crippen LogP contribution >= 0.6 is 27.3 Å². The Morgan fingerprint density at radius 1 is 1.31 bits per heavy atom. The quantitative estimate of drug-likeness (QED) is 0.838. The molecule has 1 fully saturated rings. The second-order valence-corrected chi connectivity index (χ2v) is 6.37. The number of aliphatic hydroxyl groups is 1.